The molecule has 10 heteroatoms. The van der Waals surface area contributed by atoms with E-state index in [-0.39, 0.29) is 0 Å². The molecule has 4 amide bonds. The molecule has 0 saturated heterocycles. The van der Waals surface area contributed by atoms with Crippen LogP contribution in [0.15, 0.2) is 35.7 Å². The maximum Gasteiger partial charge on any atom is 0.339 e. The SMILES string of the molecule is CC(C)N(C(=O)NC(=O)Nc1nc(-c2ccccc2)cs1)S(C)(=O)=O. The fourth-order valence-electron chi connectivity index (χ4n) is 2.12. The fourth-order valence-corrected chi connectivity index (χ4v) is 3.95. The molecule has 0 spiro atoms. The third-order valence-electron chi connectivity index (χ3n) is 3.04. The molecule has 25 heavy (non-hydrogen) atoms. The number of anilines is 1. The molecular weight excluding hydrogens is 364 g/mol. The van der Waals surface area contributed by atoms with Crippen molar-refractivity contribution in [3.8, 4) is 11.3 Å². The number of urea groups is 2. The first-order chi connectivity index (χ1) is 11.7. The summed E-state index contributed by atoms with van der Waals surface area (Å²) in [5.74, 6) is 0. The molecule has 0 saturated carbocycles. The Kier molecular flexibility index (Phi) is 5.75. The number of carbonyl (C=O) groups excluding carboxylic acids is 2. The molecule has 0 atom stereocenters. The lowest BCUT2D eigenvalue weighted by molar-refractivity contribution is 0.213. The van der Waals surface area contributed by atoms with Gasteiger partial charge in [0.25, 0.3) is 0 Å². The van der Waals surface area contributed by atoms with Gasteiger partial charge in [-0.2, -0.15) is 0 Å². The van der Waals surface area contributed by atoms with Crippen molar-refractivity contribution in [1.82, 2.24) is 14.6 Å². The van der Waals surface area contributed by atoms with Gasteiger partial charge in [0.15, 0.2) is 5.13 Å². The quantitative estimate of drug-likeness (QED) is 0.845. The molecular formula is C15H18N4O4S2. The number of hydrogen-bond donors (Lipinski definition) is 2. The summed E-state index contributed by atoms with van der Waals surface area (Å²) in [4.78, 5) is 28.2. The smallest absolute Gasteiger partial charge is 0.283 e. The van der Waals surface area contributed by atoms with Gasteiger partial charge in [0, 0.05) is 17.0 Å². The molecule has 0 fully saturated rings. The van der Waals surface area contributed by atoms with E-state index < -0.39 is 28.1 Å². The van der Waals surface area contributed by atoms with Crippen molar-refractivity contribution < 1.29 is 18.0 Å². The molecule has 0 radical (unpaired) electrons. The number of thiazole rings is 1. The number of benzene rings is 1. The van der Waals surface area contributed by atoms with Crippen molar-refractivity contribution in [2.24, 2.45) is 0 Å². The third kappa shape index (κ3) is 5.00. The van der Waals surface area contributed by atoms with Gasteiger partial charge < -0.3 is 0 Å². The fraction of sp³-hybridized carbons (Fsp3) is 0.267. The Hall–Kier alpha value is -2.46. The summed E-state index contributed by atoms with van der Waals surface area (Å²) >= 11 is 1.19. The number of sulfonamides is 1. The number of rotatable bonds is 4. The third-order valence-corrected chi connectivity index (χ3v) is 5.10. The molecule has 1 aromatic carbocycles. The first-order valence-electron chi connectivity index (χ1n) is 7.31. The number of aromatic nitrogens is 1. The number of nitrogens with zero attached hydrogens (tertiary/aromatic N) is 2. The van der Waals surface area contributed by atoms with Crippen LogP contribution in [0, 0.1) is 0 Å². The van der Waals surface area contributed by atoms with Crippen LogP contribution < -0.4 is 10.6 Å². The zero-order valence-corrected chi connectivity index (χ0v) is 15.5. The van der Waals surface area contributed by atoms with Crippen LogP contribution in [0.1, 0.15) is 13.8 Å². The summed E-state index contributed by atoms with van der Waals surface area (Å²) in [6, 6.07) is 6.91. The van der Waals surface area contributed by atoms with Gasteiger partial charge >= 0.3 is 12.1 Å². The van der Waals surface area contributed by atoms with Crippen LogP contribution in [0.25, 0.3) is 11.3 Å². The van der Waals surface area contributed by atoms with E-state index in [0.29, 0.717) is 15.1 Å². The van der Waals surface area contributed by atoms with Crippen LogP contribution in [-0.2, 0) is 10.0 Å². The van der Waals surface area contributed by atoms with Gasteiger partial charge in [-0.05, 0) is 13.8 Å². The van der Waals surface area contributed by atoms with Crippen LogP contribution in [0.2, 0.25) is 0 Å². The minimum atomic E-state index is -3.79. The Bertz CT molecular complexity index is 863. The van der Waals surface area contributed by atoms with Gasteiger partial charge in [-0.1, -0.05) is 30.3 Å². The minimum Gasteiger partial charge on any atom is -0.283 e. The largest absolute Gasteiger partial charge is 0.339 e. The highest BCUT2D eigenvalue weighted by Gasteiger charge is 2.27. The van der Waals surface area contributed by atoms with E-state index in [2.05, 4.69) is 10.3 Å². The Balaban J connectivity index is 2.03. The monoisotopic (exact) mass is 382 g/mol. The van der Waals surface area contributed by atoms with Gasteiger partial charge in [-0.25, -0.2) is 27.3 Å². The van der Waals surface area contributed by atoms with Crippen LogP contribution in [-0.4, -0.2) is 42.1 Å². The average Bonchev–Trinajstić information content (AvgIpc) is 2.94. The summed E-state index contributed by atoms with van der Waals surface area (Å²) in [5.41, 5.74) is 1.58. The van der Waals surface area contributed by atoms with Crippen molar-refractivity contribution >= 4 is 38.6 Å². The standard InChI is InChI=1S/C15H18N4O4S2/c1-10(2)19(25(3,22)23)15(21)18-13(20)17-14-16-12(9-24-14)11-7-5-4-6-8-11/h4-10H,1-3H3,(H2,16,17,18,20,21). The normalized spacial score (nSPS) is 11.2. The van der Waals surface area contributed by atoms with Crippen LogP contribution >= 0.6 is 11.3 Å². The van der Waals surface area contributed by atoms with Crippen LogP contribution in [0.4, 0.5) is 14.7 Å². The summed E-state index contributed by atoms with van der Waals surface area (Å²) in [6.45, 7) is 3.07. The zero-order chi connectivity index (χ0) is 18.6. The topological polar surface area (TPSA) is 108 Å². The highest BCUT2D eigenvalue weighted by Crippen LogP contribution is 2.24. The molecule has 0 unspecified atom stereocenters. The molecule has 2 rings (SSSR count). The lowest BCUT2D eigenvalue weighted by atomic mass is 10.2. The Labute approximate surface area is 149 Å². The number of nitrogens with one attached hydrogen (secondary N) is 2. The van der Waals surface area contributed by atoms with Crippen molar-refractivity contribution in [2.75, 3.05) is 11.6 Å². The maximum absolute atomic E-state index is 12.0. The maximum atomic E-state index is 12.0. The number of hydrogen-bond acceptors (Lipinski definition) is 6. The van der Waals surface area contributed by atoms with E-state index in [1.165, 1.54) is 25.2 Å². The average molecular weight is 382 g/mol. The second-order valence-corrected chi connectivity index (χ2v) is 8.16. The number of amides is 4. The molecule has 2 N–H and O–H groups in total. The summed E-state index contributed by atoms with van der Waals surface area (Å²) < 4.78 is 23.9. The number of carbonyl (C=O) groups is 2. The second kappa shape index (κ2) is 7.62. The van der Waals surface area contributed by atoms with Gasteiger partial charge in [-0.15, -0.1) is 11.3 Å². The summed E-state index contributed by atoms with van der Waals surface area (Å²) in [5, 5.41) is 6.47. The Morgan fingerprint density at radius 2 is 1.84 bits per heavy atom. The molecule has 134 valence electrons. The first-order valence-corrected chi connectivity index (χ1v) is 10.0. The van der Waals surface area contributed by atoms with Gasteiger partial charge in [0.05, 0.1) is 11.9 Å². The Morgan fingerprint density at radius 1 is 1.20 bits per heavy atom. The van der Waals surface area contributed by atoms with Crippen molar-refractivity contribution in [1.29, 1.82) is 0 Å². The van der Waals surface area contributed by atoms with Gasteiger partial charge in [0.1, 0.15) is 0 Å². The van der Waals surface area contributed by atoms with Gasteiger partial charge in [-0.3, -0.25) is 10.6 Å². The summed E-state index contributed by atoms with van der Waals surface area (Å²) in [7, 11) is -3.79. The lowest BCUT2D eigenvalue weighted by Gasteiger charge is -2.23. The minimum absolute atomic E-state index is 0.291. The molecule has 0 bridgehead atoms. The van der Waals surface area contributed by atoms with Crippen LogP contribution in [0.5, 0.6) is 0 Å². The van der Waals surface area contributed by atoms with Crippen LogP contribution in [0.3, 0.4) is 0 Å². The van der Waals surface area contributed by atoms with E-state index in [9.17, 15) is 18.0 Å². The van der Waals surface area contributed by atoms with Crippen molar-refractivity contribution in [2.45, 2.75) is 19.9 Å². The Morgan fingerprint density at radius 3 is 2.40 bits per heavy atom. The molecule has 0 aliphatic rings. The predicted molar refractivity (Wildman–Crippen MR) is 96.9 cm³/mol. The highest BCUT2D eigenvalue weighted by molar-refractivity contribution is 7.88. The second-order valence-electron chi connectivity index (χ2n) is 5.44. The molecule has 8 nitrogen and oxygen atoms in total. The van der Waals surface area contributed by atoms with E-state index in [1.807, 2.05) is 35.6 Å². The van der Waals surface area contributed by atoms with E-state index in [0.717, 1.165) is 11.8 Å². The van der Waals surface area contributed by atoms with E-state index >= 15 is 0 Å². The molecule has 2 aromatic rings. The molecule has 0 aliphatic heterocycles. The van der Waals surface area contributed by atoms with E-state index in [1.54, 1.807) is 5.38 Å². The zero-order valence-electron chi connectivity index (χ0n) is 13.9. The molecule has 1 heterocycles. The summed E-state index contributed by atoms with van der Waals surface area (Å²) in [6.07, 6.45) is 0.900. The lowest BCUT2D eigenvalue weighted by Crippen LogP contribution is -2.49. The highest BCUT2D eigenvalue weighted by atomic mass is 32.2. The van der Waals surface area contributed by atoms with Gasteiger partial charge in [0.2, 0.25) is 10.0 Å². The predicted octanol–water partition coefficient (Wildman–Crippen LogP) is 2.72. The molecule has 0 aliphatic carbocycles. The van der Waals surface area contributed by atoms with E-state index in [4.69, 9.17) is 0 Å². The molecule has 1 aromatic heterocycles. The number of imide groups is 1. The first kappa shape index (κ1) is 18.9. The van der Waals surface area contributed by atoms with Crippen molar-refractivity contribution in [3.63, 3.8) is 0 Å². The van der Waals surface area contributed by atoms with Crippen molar-refractivity contribution in [3.05, 3.63) is 35.7 Å².